The molecule has 1 aromatic carbocycles. The van der Waals surface area contributed by atoms with Crippen LogP contribution in [-0.2, 0) is 9.53 Å². The Hall–Kier alpha value is -1.89. The van der Waals surface area contributed by atoms with Crippen LogP contribution in [0.15, 0.2) is 29.2 Å². The van der Waals surface area contributed by atoms with E-state index in [0.29, 0.717) is 18.2 Å². The number of H-pyrrole nitrogens is 1. The van der Waals surface area contributed by atoms with Crippen LogP contribution in [0, 0.1) is 0 Å². The zero-order valence-corrected chi connectivity index (χ0v) is 10.6. The molecule has 0 atom stereocenters. The second-order valence-corrected chi connectivity index (χ2v) is 4.40. The molecule has 1 aromatic heterocycles. The van der Waals surface area contributed by atoms with Gasteiger partial charge in [0.25, 0.3) is 0 Å². The number of aromatic amines is 1. The Labute approximate surface area is 108 Å². The van der Waals surface area contributed by atoms with Crippen LogP contribution in [0.4, 0.5) is 0 Å². The summed E-state index contributed by atoms with van der Waals surface area (Å²) < 4.78 is 4.85. The number of hydrogen-bond acceptors (Lipinski definition) is 6. The van der Waals surface area contributed by atoms with Gasteiger partial charge >= 0.3 is 5.97 Å². The van der Waals surface area contributed by atoms with Gasteiger partial charge in [-0.05, 0) is 36.4 Å². The molecule has 0 amide bonds. The Kier molecular flexibility index (Phi) is 4.30. The number of ether oxygens (including phenoxy) is 1. The first-order valence-corrected chi connectivity index (χ1v) is 6.40. The molecule has 1 heterocycles. The minimum absolute atomic E-state index is 0.204. The highest BCUT2D eigenvalue weighted by molar-refractivity contribution is 8.00. The topological polar surface area (TPSA) is 80.8 Å². The number of nitrogens with zero attached hydrogens (tertiary/aromatic N) is 3. The van der Waals surface area contributed by atoms with Gasteiger partial charge in [0.1, 0.15) is 0 Å². The summed E-state index contributed by atoms with van der Waals surface area (Å²) in [6, 6.07) is 7.60. The summed E-state index contributed by atoms with van der Waals surface area (Å²) in [6.45, 7) is 2.21. The quantitative estimate of drug-likeness (QED) is 0.651. The number of esters is 1. The minimum Gasteiger partial charge on any atom is -0.465 e. The molecule has 0 spiro atoms. The van der Waals surface area contributed by atoms with E-state index >= 15 is 0 Å². The summed E-state index contributed by atoms with van der Waals surface area (Å²) in [5, 5.41) is 13.7. The van der Waals surface area contributed by atoms with Crippen LogP contribution in [0.5, 0.6) is 0 Å². The van der Waals surface area contributed by atoms with Gasteiger partial charge in [-0.15, -0.1) is 22.0 Å². The molecule has 0 aliphatic heterocycles. The van der Waals surface area contributed by atoms with Crippen molar-refractivity contribution in [2.45, 2.75) is 11.8 Å². The van der Waals surface area contributed by atoms with Gasteiger partial charge in [-0.1, -0.05) is 0 Å². The van der Waals surface area contributed by atoms with E-state index in [0.717, 1.165) is 10.5 Å². The molecular formula is C11H12N4O2S. The molecule has 0 saturated heterocycles. The fourth-order valence-electron chi connectivity index (χ4n) is 1.33. The first-order chi connectivity index (χ1) is 8.79. The SMILES string of the molecule is CCOC(=O)CSc1ccc(-c2nn[nH]n2)cc1. The third-order valence-electron chi connectivity index (χ3n) is 2.12. The molecule has 0 aliphatic rings. The lowest BCUT2D eigenvalue weighted by Crippen LogP contribution is -2.06. The molecule has 1 N–H and O–H groups in total. The third-order valence-corrected chi connectivity index (χ3v) is 3.11. The number of carbonyl (C=O) groups is 1. The van der Waals surface area contributed by atoms with Crippen molar-refractivity contribution < 1.29 is 9.53 Å². The van der Waals surface area contributed by atoms with Crippen molar-refractivity contribution in [3.8, 4) is 11.4 Å². The largest absolute Gasteiger partial charge is 0.465 e. The molecule has 0 fully saturated rings. The first-order valence-electron chi connectivity index (χ1n) is 5.42. The van der Waals surface area contributed by atoms with E-state index in [4.69, 9.17) is 4.74 Å². The molecular weight excluding hydrogens is 252 g/mol. The number of hydrogen-bond donors (Lipinski definition) is 1. The first kappa shape index (κ1) is 12.6. The van der Waals surface area contributed by atoms with E-state index in [1.807, 2.05) is 24.3 Å². The van der Waals surface area contributed by atoms with Crippen molar-refractivity contribution >= 4 is 17.7 Å². The van der Waals surface area contributed by atoms with Crippen LogP contribution < -0.4 is 0 Å². The van der Waals surface area contributed by atoms with Crippen molar-refractivity contribution in [3.63, 3.8) is 0 Å². The van der Waals surface area contributed by atoms with Gasteiger partial charge < -0.3 is 4.74 Å². The lowest BCUT2D eigenvalue weighted by Gasteiger charge is -2.02. The number of aromatic nitrogens is 4. The van der Waals surface area contributed by atoms with Gasteiger partial charge in [0.2, 0.25) is 5.82 Å². The van der Waals surface area contributed by atoms with Crippen LogP contribution in [-0.4, -0.2) is 39.0 Å². The van der Waals surface area contributed by atoms with Crippen molar-refractivity contribution in [1.82, 2.24) is 20.6 Å². The van der Waals surface area contributed by atoms with Crippen molar-refractivity contribution in [3.05, 3.63) is 24.3 Å². The second-order valence-electron chi connectivity index (χ2n) is 3.35. The van der Waals surface area contributed by atoms with E-state index in [9.17, 15) is 4.79 Å². The van der Waals surface area contributed by atoms with E-state index < -0.39 is 0 Å². The fourth-order valence-corrected chi connectivity index (χ4v) is 2.03. The summed E-state index contributed by atoms with van der Waals surface area (Å²) in [7, 11) is 0. The number of tetrazole rings is 1. The Morgan fingerprint density at radius 1 is 1.39 bits per heavy atom. The highest BCUT2D eigenvalue weighted by Gasteiger charge is 2.05. The lowest BCUT2D eigenvalue weighted by atomic mass is 10.2. The summed E-state index contributed by atoms with van der Waals surface area (Å²) in [5.74, 6) is 0.664. The van der Waals surface area contributed by atoms with E-state index in [-0.39, 0.29) is 5.97 Å². The number of rotatable bonds is 5. The molecule has 0 aliphatic carbocycles. The lowest BCUT2D eigenvalue weighted by molar-refractivity contribution is -0.139. The number of carbonyl (C=O) groups excluding carboxylic acids is 1. The Morgan fingerprint density at radius 3 is 2.78 bits per heavy atom. The highest BCUT2D eigenvalue weighted by Crippen LogP contribution is 2.21. The Bertz CT molecular complexity index is 498. The molecule has 94 valence electrons. The molecule has 2 rings (SSSR count). The maximum absolute atomic E-state index is 11.2. The van der Waals surface area contributed by atoms with E-state index in [1.165, 1.54) is 11.8 Å². The zero-order valence-electron chi connectivity index (χ0n) is 9.79. The van der Waals surface area contributed by atoms with Gasteiger partial charge in [0.05, 0.1) is 12.4 Å². The number of thioether (sulfide) groups is 1. The van der Waals surface area contributed by atoms with Crippen LogP contribution in [0.2, 0.25) is 0 Å². The number of nitrogens with one attached hydrogen (secondary N) is 1. The molecule has 0 saturated carbocycles. The molecule has 0 radical (unpaired) electrons. The standard InChI is InChI=1S/C11H12N4O2S/c1-2-17-10(16)7-18-9-5-3-8(4-6-9)11-12-14-15-13-11/h3-6H,2,7H2,1H3,(H,12,13,14,15). The Morgan fingerprint density at radius 2 is 2.17 bits per heavy atom. The normalized spacial score (nSPS) is 10.3. The molecule has 18 heavy (non-hydrogen) atoms. The number of benzene rings is 1. The maximum atomic E-state index is 11.2. The zero-order chi connectivity index (χ0) is 12.8. The summed E-state index contributed by atoms with van der Waals surface area (Å²) in [5.41, 5.74) is 0.879. The average molecular weight is 264 g/mol. The third kappa shape index (κ3) is 3.30. The van der Waals surface area contributed by atoms with Gasteiger partial charge in [-0.2, -0.15) is 5.21 Å². The Balaban J connectivity index is 1.94. The van der Waals surface area contributed by atoms with Crippen molar-refractivity contribution in [1.29, 1.82) is 0 Å². The molecule has 2 aromatic rings. The summed E-state index contributed by atoms with van der Waals surface area (Å²) >= 11 is 1.44. The fraction of sp³-hybridized carbons (Fsp3) is 0.273. The van der Waals surface area contributed by atoms with Crippen molar-refractivity contribution in [2.75, 3.05) is 12.4 Å². The second kappa shape index (κ2) is 6.15. The van der Waals surface area contributed by atoms with Gasteiger partial charge in [0, 0.05) is 10.5 Å². The monoisotopic (exact) mass is 264 g/mol. The summed E-state index contributed by atoms with van der Waals surface area (Å²) in [6.07, 6.45) is 0. The van der Waals surface area contributed by atoms with E-state index in [1.54, 1.807) is 6.92 Å². The molecule has 7 heteroatoms. The molecule has 0 bridgehead atoms. The smallest absolute Gasteiger partial charge is 0.316 e. The summed E-state index contributed by atoms with van der Waals surface area (Å²) in [4.78, 5) is 12.2. The van der Waals surface area contributed by atoms with Crippen LogP contribution in [0.3, 0.4) is 0 Å². The minimum atomic E-state index is -0.204. The van der Waals surface area contributed by atoms with E-state index in [2.05, 4.69) is 20.6 Å². The highest BCUT2D eigenvalue weighted by atomic mass is 32.2. The molecule has 0 unspecified atom stereocenters. The van der Waals surface area contributed by atoms with Gasteiger partial charge in [0.15, 0.2) is 0 Å². The predicted molar refractivity (Wildman–Crippen MR) is 67.0 cm³/mol. The van der Waals surface area contributed by atoms with Crippen molar-refractivity contribution in [2.24, 2.45) is 0 Å². The predicted octanol–water partition coefficient (Wildman–Crippen LogP) is 1.52. The van der Waals surface area contributed by atoms with Crippen LogP contribution >= 0.6 is 11.8 Å². The maximum Gasteiger partial charge on any atom is 0.316 e. The van der Waals surface area contributed by atoms with Crippen LogP contribution in [0.25, 0.3) is 11.4 Å². The van der Waals surface area contributed by atoms with Crippen LogP contribution in [0.1, 0.15) is 6.92 Å². The van der Waals surface area contributed by atoms with Gasteiger partial charge in [-0.25, -0.2) is 0 Å². The van der Waals surface area contributed by atoms with Gasteiger partial charge in [-0.3, -0.25) is 4.79 Å². The molecule has 6 nitrogen and oxygen atoms in total. The average Bonchev–Trinajstić information content (AvgIpc) is 2.91.